The number of carboxylic acid groups (broad SMARTS) is 1. The van der Waals surface area contributed by atoms with Gasteiger partial charge in [0.05, 0.1) is 36.9 Å². The van der Waals surface area contributed by atoms with Gasteiger partial charge < -0.3 is 14.7 Å². The van der Waals surface area contributed by atoms with E-state index >= 15 is 0 Å². The molecule has 0 radical (unpaired) electrons. The summed E-state index contributed by atoms with van der Waals surface area (Å²) in [6, 6.07) is 9.92. The smallest absolute Gasteiger partial charge is 0.407 e. The van der Waals surface area contributed by atoms with Crippen LogP contribution in [0.5, 0.6) is 0 Å². The van der Waals surface area contributed by atoms with Crippen molar-refractivity contribution in [2.75, 3.05) is 32.7 Å². The maximum atomic E-state index is 11.1. The lowest BCUT2D eigenvalue weighted by atomic mass is 10.1. The Morgan fingerprint density at radius 2 is 1.83 bits per heavy atom. The topological polar surface area (TPSA) is 76.8 Å². The first-order chi connectivity index (χ1) is 11.6. The lowest BCUT2D eigenvalue weighted by Crippen LogP contribution is -2.60. The summed E-state index contributed by atoms with van der Waals surface area (Å²) in [6.45, 7) is 3.62. The number of ether oxygens (including phenoxy) is 1. The van der Waals surface area contributed by atoms with Gasteiger partial charge in [0, 0.05) is 13.1 Å². The molecular formula is C18H23N3O3. The first-order valence-corrected chi connectivity index (χ1v) is 8.49. The predicted octanol–water partition coefficient (Wildman–Crippen LogP) is 1.94. The van der Waals surface area contributed by atoms with E-state index < -0.39 is 6.09 Å². The average Bonchev–Trinajstić information content (AvgIpc) is 2.58. The molecule has 0 aromatic heterocycles. The van der Waals surface area contributed by atoms with Crippen LogP contribution < -0.4 is 0 Å². The molecular weight excluding hydrogens is 306 g/mol. The standard InChI is InChI=1S/C18H23N3O3/c19-9-15-6-4-14(5-7-15)3-1-2-8-20-10-16-12-21(18(22)23)13-17(11-20)24-16/h4-7,16-17H,1-3,8,10-13H2,(H,22,23). The van der Waals surface area contributed by atoms with Crippen LogP contribution >= 0.6 is 0 Å². The van der Waals surface area contributed by atoms with Crippen LogP contribution in [0.25, 0.3) is 0 Å². The van der Waals surface area contributed by atoms with Crippen molar-refractivity contribution in [3.8, 4) is 6.07 Å². The van der Waals surface area contributed by atoms with E-state index in [0.717, 1.165) is 38.9 Å². The van der Waals surface area contributed by atoms with Gasteiger partial charge >= 0.3 is 6.09 Å². The zero-order valence-electron chi connectivity index (χ0n) is 13.7. The number of hydrogen-bond donors (Lipinski definition) is 1. The van der Waals surface area contributed by atoms with Gasteiger partial charge in [-0.05, 0) is 43.5 Å². The Labute approximate surface area is 142 Å². The summed E-state index contributed by atoms with van der Waals surface area (Å²) in [5, 5.41) is 17.9. The largest absolute Gasteiger partial charge is 0.465 e. The van der Waals surface area contributed by atoms with Crippen molar-refractivity contribution in [1.29, 1.82) is 5.26 Å². The highest BCUT2D eigenvalue weighted by Gasteiger charge is 2.36. The summed E-state index contributed by atoms with van der Waals surface area (Å²) in [5.74, 6) is 0. The minimum atomic E-state index is -0.843. The highest BCUT2D eigenvalue weighted by molar-refractivity contribution is 5.65. The Balaban J connectivity index is 1.39. The van der Waals surface area contributed by atoms with E-state index in [2.05, 4.69) is 11.0 Å². The quantitative estimate of drug-likeness (QED) is 0.836. The average molecular weight is 329 g/mol. The lowest BCUT2D eigenvalue weighted by molar-refractivity contribution is -0.131. The van der Waals surface area contributed by atoms with E-state index in [1.54, 1.807) is 0 Å². The van der Waals surface area contributed by atoms with Gasteiger partial charge in [0.25, 0.3) is 0 Å². The van der Waals surface area contributed by atoms with Gasteiger partial charge in [-0.25, -0.2) is 4.79 Å². The molecule has 1 aromatic carbocycles. The number of carbonyl (C=O) groups is 1. The van der Waals surface area contributed by atoms with Gasteiger partial charge in [-0.2, -0.15) is 5.26 Å². The van der Waals surface area contributed by atoms with Crippen LogP contribution in [-0.4, -0.2) is 65.9 Å². The molecule has 0 aliphatic carbocycles. The summed E-state index contributed by atoms with van der Waals surface area (Å²) >= 11 is 0. The highest BCUT2D eigenvalue weighted by atomic mass is 16.5. The van der Waals surface area contributed by atoms with Crippen molar-refractivity contribution in [2.24, 2.45) is 0 Å². The number of rotatable bonds is 5. The van der Waals surface area contributed by atoms with Gasteiger partial charge in [0.15, 0.2) is 0 Å². The van der Waals surface area contributed by atoms with Gasteiger partial charge in [0.2, 0.25) is 0 Å². The first-order valence-electron chi connectivity index (χ1n) is 8.49. The molecule has 0 spiro atoms. The number of aryl methyl sites for hydroxylation is 1. The number of nitriles is 1. The zero-order valence-corrected chi connectivity index (χ0v) is 13.7. The second kappa shape index (κ2) is 7.65. The Bertz CT molecular complexity index is 597. The van der Waals surface area contributed by atoms with E-state index in [1.807, 2.05) is 24.3 Å². The molecule has 2 aliphatic heterocycles. The van der Waals surface area contributed by atoms with E-state index in [4.69, 9.17) is 15.1 Å². The van der Waals surface area contributed by atoms with Crippen LogP contribution in [-0.2, 0) is 11.2 Å². The molecule has 24 heavy (non-hydrogen) atoms. The van der Waals surface area contributed by atoms with Gasteiger partial charge in [-0.15, -0.1) is 0 Å². The molecule has 1 aromatic rings. The third kappa shape index (κ3) is 4.25. The van der Waals surface area contributed by atoms with Gasteiger partial charge in [-0.3, -0.25) is 4.90 Å². The summed E-state index contributed by atoms with van der Waals surface area (Å²) in [6.07, 6.45) is 2.42. The molecule has 6 nitrogen and oxygen atoms in total. The summed E-state index contributed by atoms with van der Waals surface area (Å²) in [5.41, 5.74) is 1.97. The molecule has 2 fully saturated rings. The summed E-state index contributed by atoms with van der Waals surface area (Å²) in [4.78, 5) is 15.0. The monoisotopic (exact) mass is 329 g/mol. The normalized spacial score (nSPS) is 23.7. The number of amides is 1. The van der Waals surface area contributed by atoms with Gasteiger partial charge in [0.1, 0.15) is 0 Å². The molecule has 0 saturated carbocycles. The molecule has 2 bridgehead atoms. The highest BCUT2D eigenvalue weighted by Crippen LogP contribution is 2.19. The fourth-order valence-corrected chi connectivity index (χ4v) is 3.53. The molecule has 6 heteroatoms. The maximum Gasteiger partial charge on any atom is 0.407 e. The zero-order chi connectivity index (χ0) is 16.9. The van der Waals surface area contributed by atoms with E-state index in [1.165, 1.54) is 10.5 Å². The Morgan fingerprint density at radius 3 is 2.42 bits per heavy atom. The number of hydrogen-bond acceptors (Lipinski definition) is 4. The Morgan fingerprint density at radius 1 is 1.17 bits per heavy atom. The Kier molecular flexibility index (Phi) is 5.34. The molecule has 128 valence electrons. The molecule has 3 rings (SSSR count). The number of benzene rings is 1. The predicted molar refractivity (Wildman–Crippen MR) is 88.8 cm³/mol. The second-order valence-electron chi connectivity index (χ2n) is 6.59. The maximum absolute atomic E-state index is 11.1. The SMILES string of the molecule is N#Cc1ccc(CCCCN2CC3CN(C(=O)O)CC(C2)O3)cc1. The van der Waals surface area contributed by atoms with Crippen LogP contribution in [0.3, 0.4) is 0 Å². The van der Waals surface area contributed by atoms with Crippen LogP contribution in [0.15, 0.2) is 24.3 Å². The Hall–Kier alpha value is -2.10. The van der Waals surface area contributed by atoms with Crippen molar-refractivity contribution in [1.82, 2.24) is 9.80 Å². The van der Waals surface area contributed by atoms with Crippen molar-refractivity contribution < 1.29 is 14.6 Å². The minimum Gasteiger partial charge on any atom is -0.465 e. The summed E-state index contributed by atoms with van der Waals surface area (Å²) < 4.78 is 5.86. The minimum absolute atomic E-state index is 0.00660. The third-order valence-corrected chi connectivity index (χ3v) is 4.70. The van der Waals surface area contributed by atoms with Crippen molar-refractivity contribution in [2.45, 2.75) is 31.5 Å². The molecule has 2 heterocycles. The number of morpholine rings is 2. The van der Waals surface area contributed by atoms with Crippen LogP contribution in [0, 0.1) is 11.3 Å². The van der Waals surface area contributed by atoms with E-state index in [9.17, 15) is 4.79 Å². The molecule has 2 saturated heterocycles. The molecule has 2 atom stereocenters. The summed E-state index contributed by atoms with van der Waals surface area (Å²) in [7, 11) is 0. The van der Waals surface area contributed by atoms with Crippen molar-refractivity contribution in [3.05, 3.63) is 35.4 Å². The fourth-order valence-electron chi connectivity index (χ4n) is 3.53. The van der Waals surface area contributed by atoms with Crippen LogP contribution in [0.2, 0.25) is 0 Å². The van der Waals surface area contributed by atoms with Crippen LogP contribution in [0.1, 0.15) is 24.0 Å². The number of fused-ring (bicyclic) bond motifs is 2. The van der Waals surface area contributed by atoms with Crippen LogP contribution in [0.4, 0.5) is 4.79 Å². The lowest BCUT2D eigenvalue weighted by Gasteiger charge is -2.45. The molecule has 1 amide bonds. The third-order valence-electron chi connectivity index (χ3n) is 4.70. The number of unbranched alkanes of at least 4 members (excludes halogenated alkanes) is 1. The van der Waals surface area contributed by atoms with Crippen molar-refractivity contribution in [3.63, 3.8) is 0 Å². The van der Waals surface area contributed by atoms with E-state index in [-0.39, 0.29) is 12.2 Å². The second-order valence-corrected chi connectivity index (χ2v) is 6.59. The molecule has 1 N–H and O–H groups in total. The molecule has 2 aliphatic rings. The number of nitrogens with zero attached hydrogens (tertiary/aromatic N) is 3. The fraction of sp³-hybridized carbons (Fsp3) is 0.556. The molecule has 2 unspecified atom stereocenters. The van der Waals surface area contributed by atoms with E-state index in [0.29, 0.717) is 18.7 Å². The van der Waals surface area contributed by atoms with Crippen molar-refractivity contribution >= 4 is 6.09 Å². The van der Waals surface area contributed by atoms with Gasteiger partial charge in [-0.1, -0.05) is 12.1 Å². The first kappa shape index (κ1) is 16.7.